The summed E-state index contributed by atoms with van der Waals surface area (Å²) in [6.45, 7) is 5.29. The third-order valence-electron chi connectivity index (χ3n) is 3.46. The zero-order valence-corrected chi connectivity index (χ0v) is 12.7. The van der Waals surface area contributed by atoms with Gasteiger partial charge in [0.15, 0.2) is 0 Å². The molecule has 0 saturated carbocycles. The number of hydrogen-bond donors (Lipinski definition) is 0. The molecule has 110 valence electrons. The van der Waals surface area contributed by atoms with E-state index in [9.17, 15) is 4.79 Å². The molecule has 1 amide bonds. The minimum Gasteiger partial charge on any atom is -0.497 e. The topological polar surface area (TPSA) is 42.4 Å². The molecule has 0 unspecified atom stereocenters. The van der Waals surface area contributed by atoms with Crippen LogP contribution in [0.15, 0.2) is 42.6 Å². The van der Waals surface area contributed by atoms with E-state index in [4.69, 9.17) is 4.74 Å². The number of carbonyl (C=O) groups excluding carboxylic acids is 1. The lowest BCUT2D eigenvalue weighted by atomic mass is 10.0. The van der Waals surface area contributed by atoms with Crippen LogP contribution in [-0.2, 0) is 0 Å². The predicted molar refractivity (Wildman–Crippen MR) is 83.5 cm³/mol. The lowest BCUT2D eigenvalue weighted by Crippen LogP contribution is -2.31. The second-order valence-electron chi connectivity index (χ2n) is 4.61. The van der Waals surface area contributed by atoms with Crippen molar-refractivity contribution in [1.29, 1.82) is 0 Å². The third kappa shape index (κ3) is 3.21. The number of amides is 1. The van der Waals surface area contributed by atoms with E-state index in [1.165, 1.54) is 0 Å². The molecule has 0 aliphatic rings. The number of hydrogen-bond acceptors (Lipinski definition) is 3. The summed E-state index contributed by atoms with van der Waals surface area (Å²) in [6.07, 6.45) is 1.66. The summed E-state index contributed by atoms with van der Waals surface area (Å²) in [5.74, 6) is 0.755. The Bertz CT molecular complexity index is 604. The van der Waals surface area contributed by atoms with E-state index in [-0.39, 0.29) is 5.91 Å². The van der Waals surface area contributed by atoms with E-state index in [0.29, 0.717) is 18.8 Å². The number of methoxy groups -OCH3 is 1. The van der Waals surface area contributed by atoms with Gasteiger partial charge in [-0.05, 0) is 37.6 Å². The van der Waals surface area contributed by atoms with Crippen molar-refractivity contribution in [1.82, 2.24) is 9.88 Å². The highest BCUT2D eigenvalue weighted by molar-refractivity contribution is 5.98. The Hall–Kier alpha value is -2.36. The van der Waals surface area contributed by atoms with Crippen molar-refractivity contribution < 1.29 is 9.53 Å². The molecule has 0 bridgehead atoms. The Balaban J connectivity index is 2.42. The molecule has 0 fully saturated rings. The molecule has 0 aliphatic carbocycles. The second kappa shape index (κ2) is 6.88. The molecule has 0 atom stereocenters. The number of ether oxygens (including phenoxy) is 1. The van der Waals surface area contributed by atoms with Gasteiger partial charge in [0.05, 0.1) is 7.11 Å². The first kappa shape index (κ1) is 15.0. The van der Waals surface area contributed by atoms with Gasteiger partial charge < -0.3 is 9.64 Å². The molecule has 0 radical (unpaired) electrons. The molecule has 2 rings (SSSR count). The number of carbonyl (C=O) groups is 1. The Kier molecular flexibility index (Phi) is 4.93. The van der Waals surface area contributed by atoms with Crippen molar-refractivity contribution in [3.63, 3.8) is 0 Å². The standard InChI is InChI=1S/C17H20N2O2/c1-4-19(5-2)17(20)16-15(7-6-12-18-16)13-8-10-14(21-3)11-9-13/h6-12H,4-5H2,1-3H3. The molecular formula is C17H20N2O2. The molecule has 1 aromatic carbocycles. The molecule has 4 heteroatoms. The van der Waals surface area contributed by atoms with E-state index in [1.54, 1.807) is 18.2 Å². The monoisotopic (exact) mass is 284 g/mol. The van der Waals surface area contributed by atoms with Gasteiger partial charge in [-0.15, -0.1) is 0 Å². The summed E-state index contributed by atoms with van der Waals surface area (Å²) in [7, 11) is 1.63. The van der Waals surface area contributed by atoms with Crippen LogP contribution in [-0.4, -0.2) is 36.0 Å². The van der Waals surface area contributed by atoms with Gasteiger partial charge in [0, 0.05) is 24.8 Å². The van der Waals surface area contributed by atoms with Crippen LogP contribution in [0.25, 0.3) is 11.1 Å². The van der Waals surface area contributed by atoms with Crippen LogP contribution < -0.4 is 4.74 Å². The van der Waals surface area contributed by atoms with Crippen LogP contribution in [0.5, 0.6) is 5.75 Å². The minimum atomic E-state index is -0.0357. The first-order valence-corrected chi connectivity index (χ1v) is 7.10. The molecule has 1 aromatic heterocycles. The molecular weight excluding hydrogens is 264 g/mol. The minimum absolute atomic E-state index is 0.0357. The average Bonchev–Trinajstić information content (AvgIpc) is 2.56. The highest BCUT2D eigenvalue weighted by Gasteiger charge is 2.18. The van der Waals surface area contributed by atoms with Gasteiger partial charge in [-0.25, -0.2) is 0 Å². The van der Waals surface area contributed by atoms with Crippen molar-refractivity contribution in [2.24, 2.45) is 0 Å². The fourth-order valence-electron chi connectivity index (χ4n) is 2.24. The SMILES string of the molecule is CCN(CC)C(=O)c1ncccc1-c1ccc(OC)cc1. The second-order valence-corrected chi connectivity index (χ2v) is 4.61. The number of aromatic nitrogens is 1. The summed E-state index contributed by atoms with van der Waals surface area (Å²) in [6, 6.07) is 11.4. The predicted octanol–water partition coefficient (Wildman–Crippen LogP) is 3.24. The number of nitrogens with zero attached hydrogens (tertiary/aromatic N) is 2. The fourth-order valence-corrected chi connectivity index (χ4v) is 2.24. The summed E-state index contributed by atoms with van der Waals surface area (Å²) >= 11 is 0. The largest absolute Gasteiger partial charge is 0.497 e. The van der Waals surface area contributed by atoms with Crippen molar-refractivity contribution in [2.45, 2.75) is 13.8 Å². The van der Waals surface area contributed by atoms with Gasteiger partial charge in [-0.1, -0.05) is 18.2 Å². The zero-order chi connectivity index (χ0) is 15.2. The summed E-state index contributed by atoms with van der Waals surface area (Å²) in [5, 5.41) is 0. The first-order valence-electron chi connectivity index (χ1n) is 7.10. The fraction of sp³-hybridized carbons (Fsp3) is 0.294. The van der Waals surface area contributed by atoms with E-state index in [0.717, 1.165) is 16.9 Å². The van der Waals surface area contributed by atoms with Crippen molar-refractivity contribution in [2.75, 3.05) is 20.2 Å². The van der Waals surface area contributed by atoms with Crippen molar-refractivity contribution in [3.05, 3.63) is 48.3 Å². The number of pyridine rings is 1. The Morgan fingerprint density at radius 1 is 1.14 bits per heavy atom. The van der Waals surface area contributed by atoms with Crippen molar-refractivity contribution >= 4 is 5.91 Å². The first-order chi connectivity index (χ1) is 10.2. The lowest BCUT2D eigenvalue weighted by Gasteiger charge is -2.19. The van der Waals surface area contributed by atoms with Crippen LogP contribution in [0.2, 0.25) is 0 Å². The molecule has 4 nitrogen and oxygen atoms in total. The molecule has 1 heterocycles. The molecule has 2 aromatic rings. The average molecular weight is 284 g/mol. The zero-order valence-electron chi connectivity index (χ0n) is 12.7. The van der Waals surface area contributed by atoms with Gasteiger partial charge in [0.1, 0.15) is 11.4 Å². The van der Waals surface area contributed by atoms with E-state index >= 15 is 0 Å². The molecule has 0 aliphatic heterocycles. The smallest absolute Gasteiger partial charge is 0.273 e. The number of benzene rings is 1. The van der Waals surface area contributed by atoms with Gasteiger partial charge in [-0.2, -0.15) is 0 Å². The normalized spacial score (nSPS) is 10.2. The summed E-state index contributed by atoms with van der Waals surface area (Å²) in [5.41, 5.74) is 2.29. The van der Waals surface area contributed by atoms with Crippen LogP contribution in [0.4, 0.5) is 0 Å². The molecule has 21 heavy (non-hydrogen) atoms. The van der Waals surface area contributed by atoms with Crippen LogP contribution in [0.3, 0.4) is 0 Å². The molecule has 0 spiro atoms. The van der Waals surface area contributed by atoms with Gasteiger partial charge in [-0.3, -0.25) is 9.78 Å². The number of rotatable bonds is 5. The van der Waals surface area contributed by atoms with Gasteiger partial charge >= 0.3 is 0 Å². The third-order valence-corrected chi connectivity index (χ3v) is 3.46. The van der Waals surface area contributed by atoms with Crippen LogP contribution in [0.1, 0.15) is 24.3 Å². The molecule has 0 N–H and O–H groups in total. The Morgan fingerprint density at radius 2 is 1.81 bits per heavy atom. The molecule has 0 saturated heterocycles. The van der Waals surface area contributed by atoms with E-state index in [2.05, 4.69) is 4.98 Å². The van der Waals surface area contributed by atoms with E-state index in [1.807, 2.05) is 50.2 Å². The quantitative estimate of drug-likeness (QED) is 0.846. The highest BCUT2D eigenvalue weighted by atomic mass is 16.5. The van der Waals surface area contributed by atoms with Crippen LogP contribution >= 0.6 is 0 Å². The maximum absolute atomic E-state index is 12.6. The van der Waals surface area contributed by atoms with E-state index < -0.39 is 0 Å². The highest BCUT2D eigenvalue weighted by Crippen LogP contribution is 2.25. The maximum atomic E-state index is 12.6. The van der Waals surface area contributed by atoms with Gasteiger partial charge in [0.25, 0.3) is 5.91 Å². The Labute approximate surface area is 125 Å². The lowest BCUT2D eigenvalue weighted by molar-refractivity contribution is 0.0768. The van der Waals surface area contributed by atoms with Crippen molar-refractivity contribution in [3.8, 4) is 16.9 Å². The maximum Gasteiger partial charge on any atom is 0.273 e. The van der Waals surface area contributed by atoms with Gasteiger partial charge in [0.2, 0.25) is 0 Å². The summed E-state index contributed by atoms with van der Waals surface area (Å²) in [4.78, 5) is 18.6. The summed E-state index contributed by atoms with van der Waals surface area (Å²) < 4.78 is 5.16. The Morgan fingerprint density at radius 3 is 2.38 bits per heavy atom. The van der Waals surface area contributed by atoms with Crippen LogP contribution in [0, 0.1) is 0 Å².